The lowest BCUT2D eigenvalue weighted by atomic mass is 10.1. The van der Waals surface area contributed by atoms with Gasteiger partial charge in [-0.25, -0.2) is 9.18 Å². The van der Waals surface area contributed by atoms with Gasteiger partial charge in [-0.3, -0.25) is 4.79 Å². The molecule has 0 aromatic heterocycles. The summed E-state index contributed by atoms with van der Waals surface area (Å²) < 4.78 is 24.2. The van der Waals surface area contributed by atoms with Crippen LogP contribution in [0.2, 0.25) is 0 Å². The summed E-state index contributed by atoms with van der Waals surface area (Å²) in [5.41, 5.74) is -0.259. The monoisotopic (exact) mass is 345 g/mol. The topological polar surface area (TPSA) is 84.9 Å². The SMILES string of the molecule is COc1cc(F)c(/C=C(\NC(=O)c2ccccc2)C(=O)O)cc1OC. The summed E-state index contributed by atoms with van der Waals surface area (Å²) in [6.07, 6.45) is 1.01. The average molecular weight is 345 g/mol. The number of carboxylic acids is 1. The molecule has 0 bridgehead atoms. The van der Waals surface area contributed by atoms with Gasteiger partial charge in [-0.05, 0) is 24.3 Å². The molecule has 2 aromatic rings. The maximum absolute atomic E-state index is 14.2. The fraction of sp³-hybridized carbons (Fsp3) is 0.111. The summed E-state index contributed by atoms with van der Waals surface area (Å²) in [6, 6.07) is 10.4. The van der Waals surface area contributed by atoms with E-state index in [1.165, 1.54) is 32.4 Å². The molecule has 0 saturated carbocycles. The Balaban J connectivity index is 2.37. The molecular formula is C18H16FNO5. The molecule has 0 atom stereocenters. The van der Waals surface area contributed by atoms with Crippen LogP contribution in [0.25, 0.3) is 6.08 Å². The van der Waals surface area contributed by atoms with E-state index in [9.17, 15) is 19.1 Å². The molecule has 7 heteroatoms. The fourth-order valence-electron chi connectivity index (χ4n) is 2.07. The molecule has 0 aliphatic rings. The maximum Gasteiger partial charge on any atom is 0.352 e. The van der Waals surface area contributed by atoms with E-state index in [1.807, 2.05) is 0 Å². The molecule has 0 aliphatic heterocycles. The molecule has 25 heavy (non-hydrogen) atoms. The van der Waals surface area contributed by atoms with Gasteiger partial charge in [0.15, 0.2) is 11.5 Å². The first-order valence-corrected chi connectivity index (χ1v) is 7.19. The van der Waals surface area contributed by atoms with E-state index in [2.05, 4.69) is 5.32 Å². The lowest BCUT2D eigenvalue weighted by Crippen LogP contribution is -2.27. The van der Waals surface area contributed by atoms with E-state index in [-0.39, 0.29) is 22.6 Å². The Labute approximate surface area is 143 Å². The van der Waals surface area contributed by atoms with Crippen molar-refractivity contribution in [3.05, 3.63) is 65.1 Å². The highest BCUT2D eigenvalue weighted by atomic mass is 19.1. The standard InChI is InChI=1S/C18H16FNO5/c1-24-15-9-12(13(19)10-16(15)25-2)8-14(18(22)23)20-17(21)11-6-4-3-5-7-11/h3-10H,1-2H3,(H,20,21)(H,22,23)/b14-8-. The number of carbonyl (C=O) groups is 2. The largest absolute Gasteiger partial charge is 0.493 e. The quantitative estimate of drug-likeness (QED) is 0.787. The van der Waals surface area contributed by atoms with E-state index >= 15 is 0 Å². The van der Waals surface area contributed by atoms with E-state index in [0.29, 0.717) is 0 Å². The Morgan fingerprint density at radius 2 is 1.68 bits per heavy atom. The molecule has 2 aromatic carbocycles. The number of carboxylic acid groups (broad SMARTS) is 1. The molecule has 0 heterocycles. The van der Waals surface area contributed by atoms with Gasteiger partial charge < -0.3 is 19.9 Å². The van der Waals surface area contributed by atoms with Crippen LogP contribution in [0.5, 0.6) is 11.5 Å². The third kappa shape index (κ3) is 4.35. The van der Waals surface area contributed by atoms with Crippen LogP contribution in [0, 0.1) is 5.82 Å². The zero-order valence-corrected chi connectivity index (χ0v) is 13.6. The summed E-state index contributed by atoms with van der Waals surface area (Å²) in [5, 5.41) is 11.5. The van der Waals surface area contributed by atoms with Crippen molar-refractivity contribution < 1.29 is 28.6 Å². The highest BCUT2D eigenvalue weighted by molar-refractivity contribution is 6.02. The smallest absolute Gasteiger partial charge is 0.352 e. The number of ether oxygens (including phenoxy) is 2. The predicted octanol–water partition coefficient (Wildman–Crippen LogP) is 2.70. The van der Waals surface area contributed by atoms with E-state index in [1.54, 1.807) is 18.2 Å². The molecule has 0 saturated heterocycles. The minimum absolute atomic E-state index is 0.0663. The van der Waals surface area contributed by atoms with Gasteiger partial charge in [0.2, 0.25) is 0 Å². The van der Waals surface area contributed by atoms with Crippen molar-refractivity contribution in [2.75, 3.05) is 14.2 Å². The number of halogens is 1. The van der Waals surface area contributed by atoms with Crippen LogP contribution in [0.4, 0.5) is 4.39 Å². The zero-order valence-electron chi connectivity index (χ0n) is 13.6. The lowest BCUT2D eigenvalue weighted by Gasteiger charge is -2.10. The molecular weight excluding hydrogens is 329 g/mol. The molecule has 0 radical (unpaired) electrons. The number of carbonyl (C=O) groups excluding carboxylic acids is 1. The Kier molecular flexibility index (Phi) is 5.73. The molecule has 6 nitrogen and oxygen atoms in total. The van der Waals surface area contributed by atoms with Crippen molar-refractivity contribution >= 4 is 18.0 Å². The first-order chi connectivity index (χ1) is 12.0. The van der Waals surface area contributed by atoms with Crippen LogP contribution >= 0.6 is 0 Å². The summed E-state index contributed by atoms with van der Waals surface area (Å²) in [5.74, 6) is -2.34. The summed E-state index contributed by atoms with van der Waals surface area (Å²) in [4.78, 5) is 23.5. The summed E-state index contributed by atoms with van der Waals surface area (Å²) in [6.45, 7) is 0. The molecule has 130 valence electrons. The van der Waals surface area contributed by atoms with E-state index in [0.717, 1.165) is 12.1 Å². The van der Waals surface area contributed by atoms with E-state index < -0.39 is 23.4 Å². The highest BCUT2D eigenvalue weighted by Crippen LogP contribution is 2.30. The van der Waals surface area contributed by atoms with Gasteiger partial charge in [0, 0.05) is 17.2 Å². The van der Waals surface area contributed by atoms with Crippen molar-refractivity contribution in [2.24, 2.45) is 0 Å². The van der Waals surface area contributed by atoms with Gasteiger partial charge in [-0.2, -0.15) is 0 Å². The van der Waals surface area contributed by atoms with Crippen LogP contribution in [0.15, 0.2) is 48.2 Å². The number of aliphatic carboxylic acids is 1. The maximum atomic E-state index is 14.2. The Hall–Kier alpha value is -3.35. The van der Waals surface area contributed by atoms with Crippen molar-refractivity contribution in [3.63, 3.8) is 0 Å². The second kappa shape index (κ2) is 7.96. The van der Waals surface area contributed by atoms with Gasteiger partial charge in [0.25, 0.3) is 5.91 Å². The first-order valence-electron chi connectivity index (χ1n) is 7.19. The third-order valence-corrected chi connectivity index (χ3v) is 3.32. The first kappa shape index (κ1) is 18.0. The van der Waals surface area contributed by atoms with Crippen LogP contribution in [0.3, 0.4) is 0 Å². The summed E-state index contributed by atoms with van der Waals surface area (Å²) >= 11 is 0. The molecule has 0 unspecified atom stereocenters. The molecule has 0 aliphatic carbocycles. The van der Waals surface area contributed by atoms with Crippen LogP contribution in [-0.4, -0.2) is 31.2 Å². The highest BCUT2D eigenvalue weighted by Gasteiger charge is 2.16. The molecule has 2 rings (SSSR count). The zero-order chi connectivity index (χ0) is 18.4. The third-order valence-electron chi connectivity index (χ3n) is 3.32. The van der Waals surface area contributed by atoms with Crippen LogP contribution in [0.1, 0.15) is 15.9 Å². The van der Waals surface area contributed by atoms with Gasteiger partial charge in [0.1, 0.15) is 11.5 Å². The fourth-order valence-corrected chi connectivity index (χ4v) is 2.07. The predicted molar refractivity (Wildman–Crippen MR) is 89.0 cm³/mol. The Morgan fingerprint density at radius 1 is 1.08 bits per heavy atom. The lowest BCUT2D eigenvalue weighted by molar-refractivity contribution is -0.132. The Morgan fingerprint density at radius 3 is 2.24 bits per heavy atom. The van der Waals surface area contributed by atoms with Gasteiger partial charge in [-0.15, -0.1) is 0 Å². The van der Waals surface area contributed by atoms with Crippen molar-refractivity contribution in [1.29, 1.82) is 0 Å². The van der Waals surface area contributed by atoms with Gasteiger partial charge in [0.05, 0.1) is 14.2 Å². The minimum Gasteiger partial charge on any atom is -0.493 e. The number of nitrogens with one attached hydrogen (secondary N) is 1. The summed E-state index contributed by atoms with van der Waals surface area (Å²) in [7, 11) is 2.73. The van der Waals surface area contributed by atoms with Crippen molar-refractivity contribution in [3.8, 4) is 11.5 Å². The average Bonchev–Trinajstić information content (AvgIpc) is 2.62. The Bertz CT molecular complexity index is 818. The number of rotatable bonds is 6. The van der Waals surface area contributed by atoms with Crippen molar-refractivity contribution in [2.45, 2.75) is 0 Å². The number of hydrogen-bond acceptors (Lipinski definition) is 4. The van der Waals surface area contributed by atoms with Crippen LogP contribution < -0.4 is 14.8 Å². The van der Waals surface area contributed by atoms with E-state index in [4.69, 9.17) is 9.47 Å². The van der Waals surface area contributed by atoms with Gasteiger partial charge >= 0.3 is 5.97 Å². The molecule has 0 spiro atoms. The number of benzene rings is 2. The van der Waals surface area contributed by atoms with Crippen molar-refractivity contribution in [1.82, 2.24) is 5.32 Å². The van der Waals surface area contributed by atoms with Crippen LogP contribution in [-0.2, 0) is 4.79 Å². The normalized spacial score (nSPS) is 10.9. The number of hydrogen-bond donors (Lipinski definition) is 2. The molecule has 1 amide bonds. The molecule has 2 N–H and O–H groups in total. The minimum atomic E-state index is -1.40. The number of amides is 1. The molecule has 0 fully saturated rings. The van der Waals surface area contributed by atoms with Gasteiger partial charge in [-0.1, -0.05) is 18.2 Å². The second-order valence-corrected chi connectivity index (χ2v) is 4.91. The number of methoxy groups -OCH3 is 2. The second-order valence-electron chi connectivity index (χ2n) is 4.91.